The monoisotopic (exact) mass is 285 g/mol. The summed E-state index contributed by atoms with van der Waals surface area (Å²) in [5, 5.41) is 0. The van der Waals surface area contributed by atoms with Crippen LogP contribution in [0.2, 0.25) is 0 Å². The van der Waals surface area contributed by atoms with E-state index in [0.29, 0.717) is 11.4 Å². The van der Waals surface area contributed by atoms with Crippen LogP contribution in [-0.4, -0.2) is 46.6 Å². The molecule has 1 aliphatic rings. The van der Waals surface area contributed by atoms with E-state index in [1.54, 1.807) is 0 Å². The van der Waals surface area contributed by atoms with Crippen molar-refractivity contribution in [1.82, 2.24) is 9.62 Å². The largest absolute Gasteiger partial charge is 0.495 e. The van der Waals surface area contributed by atoms with Crippen LogP contribution in [0.15, 0.2) is 23.1 Å². The van der Waals surface area contributed by atoms with Gasteiger partial charge < -0.3 is 15.4 Å². The Bertz CT molecular complexity index is 559. The van der Waals surface area contributed by atoms with Crippen molar-refractivity contribution in [1.29, 1.82) is 0 Å². The van der Waals surface area contributed by atoms with Gasteiger partial charge in [0.2, 0.25) is 10.0 Å². The second-order valence-electron chi connectivity index (χ2n) is 4.77. The van der Waals surface area contributed by atoms with Gasteiger partial charge in [-0.15, -0.1) is 0 Å². The Kier molecular flexibility index (Phi) is 3.98. The maximum atomic E-state index is 12.2. The average molecular weight is 285 g/mol. The standard InChI is InChI=1S/C12H19N3O3S/c1-15-6-5-9(8-15)14-19(16,17)10-3-4-11(13)12(7-10)18-2/h3-4,7,9,14H,5-6,8,13H2,1-2H3. The molecule has 1 atom stereocenters. The lowest BCUT2D eigenvalue weighted by Crippen LogP contribution is -2.36. The summed E-state index contributed by atoms with van der Waals surface area (Å²) < 4.78 is 32.2. The Labute approximate surface area is 113 Å². The number of anilines is 1. The minimum atomic E-state index is -3.53. The van der Waals surface area contributed by atoms with E-state index in [2.05, 4.69) is 9.62 Å². The maximum absolute atomic E-state index is 12.2. The van der Waals surface area contributed by atoms with Crippen LogP contribution in [0.4, 0.5) is 5.69 Å². The van der Waals surface area contributed by atoms with Gasteiger partial charge in [-0.05, 0) is 32.1 Å². The molecule has 2 rings (SSSR count). The first-order valence-electron chi connectivity index (χ1n) is 6.07. The van der Waals surface area contributed by atoms with E-state index in [-0.39, 0.29) is 10.9 Å². The Balaban J connectivity index is 2.19. The predicted octanol–water partition coefficient (Wildman–Crippen LogP) is 0.260. The quantitative estimate of drug-likeness (QED) is 0.775. The number of benzene rings is 1. The lowest BCUT2D eigenvalue weighted by Gasteiger charge is -2.14. The van der Waals surface area contributed by atoms with E-state index >= 15 is 0 Å². The summed E-state index contributed by atoms with van der Waals surface area (Å²) in [7, 11) is -0.0962. The van der Waals surface area contributed by atoms with Gasteiger partial charge in [-0.3, -0.25) is 0 Å². The smallest absolute Gasteiger partial charge is 0.241 e. The average Bonchev–Trinajstić information content (AvgIpc) is 2.74. The van der Waals surface area contributed by atoms with Gasteiger partial charge in [0, 0.05) is 18.7 Å². The number of methoxy groups -OCH3 is 1. The number of likely N-dealkylation sites (N-methyl/N-ethyl adjacent to an activating group) is 1. The summed E-state index contributed by atoms with van der Waals surface area (Å²) in [4.78, 5) is 2.27. The minimum Gasteiger partial charge on any atom is -0.495 e. The van der Waals surface area contributed by atoms with Gasteiger partial charge in [-0.25, -0.2) is 13.1 Å². The molecule has 0 aromatic heterocycles. The second-order valence-corrected chi connectivity index (χ2v) is 6.49. The van der Waals surface area contributed by atoms with Crippen LogP contribution in [0, 0.1) is 0 Å². The molecule has 106 valence electrons. The van der Waals surface area contributed by atoms with Gasteiger partial charge >= 0.3 is 0 Å². The number of nitrogens with zero attached hydrogens (tertiary/aromatic N) is 1. The highest BCUT2D eigenvalue weighted by Gasteiger charge is 2.25. The molecule has 0 aliphatic carbocycles. The number of nitrogens with one attached hydrogen (secondary N) is 1. The molecule has 0 saturated carbocycles. The van der Waals surface area contributed by atoms with Gasteiger partial charge in [0.25, 0.3) is 0 Å². The zero-order valence-corrected chi connectivity index (χ0v) is 11.9. The molecule has 0 radical (unpaired) electrons. The van der Waals surface area contributed by atoms with Gasteiger partial charge in [0.1, 0.15) is 5.75 Å². The van der Waals surface area contributed by atoms with Crippen molar-refractivity contribution in [3.05, 3.63) is 18.2 Å². The molecule has 1 aromatic carbocycles. The fraction of sp³-hybridized carbons (Fsp3) is 0.500. The molecule has 19 heavy (non-hydrogen) atoms. The molecular weight excluding hydrogens is 266 g/mol. The van der Waals surface area contributed by atoms with Crippen molar-refractivity contribution in [3.8, 4) is 5.75 Å². The first-order valence-corrected chi connectivity index (χ1v) is 7.55. The molecule has 1 heterocycles. The van der Waals surface area contributed by atoms with Crippen LogP contribution in [0.25, 0.3) is 0 Å². The number of nitrogens with two attached hydrogens (primary N) is 1. The second kappa shape index (κ2) is 5.36. The lowest BCUT2D eigenvalue weighted by molar-refractivity contribution is 0.407. The van der Waals surface area contributed by atoms with Crippen LogP contribution in [0.5, 0.6) is 5.75 Å². The van der Waals surface area contributed by atoms with Gasteiger partial charge in [-0.2, -0.15) is 0 Å². The molecule has 1 unspecified atom stereocenters. The highest BCUT2D eigenvalue weighted by atomic mass is 32.2. The highest BCUT2D eigenvalue weighted by Crippen LogP contribution is 2.25. The summed E-state index contributed by atoms with van der Waals surface area (Å²) in [6.07, 6.45) is 0.821. The normalized spacial score (nSPS) is 20.6. The molecule has 1 fully saturated rings. The summed E-state index contributed by atoms with van der Waals surface area (Å²) in [5.74, 6) is 0.367. The fourth-order valence-electron chi connectivity index (χ4n) is 2.18. The first kappa shape index (κ1) is 14.1. The molecule has 1 aliphatic heterocycles. The van der Waals surface area contributed by atoms with Crippen LogP contribution < -0.4 is 15.2 Å². The molecule has 3 N–H and O–H groups in total. The maximum Gasteiger partial charge on any atom is 0.241 e. The van der Waals surface area contributed by atoms with Gasteiger partial charge in [-0.1, -0.05) is 0 Å². The summed E-state index contributed by atoms with van der Waals surface area (Å²) in [6.45, 7) is 1.63. The topological polar surface area (TPSA) is 84.7 Å². The third-order valence-electron chi connectivity index (χ3n) is 3.23. The van der Waals surface area contributed by atoms with Crippen molar-refractivity contribution in [2.24, 2.45) is 0 Å². The number of sulfonamides is 1. The highest BCUT2D eigenvalue weighted by molar-refractivity contribution is 7.89. The zero-order chi connectivity index (χ0) is 14.0. The molecule has 0 bridgehead atoms. The van der Waals surface area contributed by atoms with Crippen molar-refractivity contribution in [2.75, 3.05) is 33.0 Å². The van der Waals surface area contributed by atoms with Crippen LogP contribution in [0.3, 0.4) is 0 Å². The number of rotatable bonds is 4. The van der Waals surface area contributed by atoms with Crippen LogP contribution >= 0.6 is 0 Å². The number of nitrogen functional groups attached to an aromatic ring is 1. The molecule has 7 heteroatoms. The van der Waals surface area contributed by atoms with Crippen molar-refractivity contribution in [2.45, 2.75) is 17.4 Å². The van der Waals surface area contributed by atoms with Gasteiger partial charge in [0.05, 0.1) is 17.7 Å². The van der Waals surface area contributed by atoms with E-state index in [1.165, 1.54) is 25.3 Å². The minimum absolute atomic E-state index is 0.0430. The molecule has 0 amide bonds. The number of hydrogen-bond donors (Lipinski definition) is 2. The molecule has 1 aromatic rings. The van der Waals surface area contributed by atoms with Crippen molar-refractivity contribution < 1.29 is 13.2 Å². The van der Waals surface area contributed by atoms with Gasteiger partial charge in [0.15, 0.2) is 0 Å². The van der Waals surface area contributed by atoms with Crippen LogP contribution in [0.1, 0.15) is 6.42 Å². The predicted molar refractivity (Wildman–Crippen MR) is 73.6 cm³/mol. The summed E-state index contributed by atoms with van der Waals surface area (Å²) >= 11 is 0. The Morgan fingerprint density at radius 2 is 2.21 bits per heavy atom. The van der Waals surface area contributed by atoms with E-state index in [1.807, 2.05) is 7.05 Å². The van der Waals surface area contributed by atoms with E-state index in [4.69, 9.17) is 10.5 Å². The summed E-state index contributed by atoms with van der Waals surface area (Å²) in [5.41, 5.74) is 6.10. The first-order chi connectivity index (χ1) is 8.92. The van der Waals surface area contributed by atoms with Crippen LogP contribution in [-0.2, 0) is 10.0 Å². The van der Waals surface area contributed by atoms with E-state index in [0.717, 1.165) is 19.5 Å². The fourth-order valence-corrected chi connectivity index (χ4v) is 3.45. The number of hydrogen-bond acceptors (Lipinski definition) is 5. The zero-order valence-electron chi connectivity index (χ0n) is 11.1. The number of ether oxygens (including phenoxy) is 1. The Hall–Kier alpha value is -1.31. The van der Waals surface area contributed by atoms with E-state index in [9.17, 15) is 8.42 Å². The van der Waals surface area contributed by atoms with Crippen molar-refractivity contribution in [3.63, 3.8) is 0 Å². The molecular formula is C12H19N3O3S. The van der Waals surface area contributed by atoms with Crippen molar-refractivity contribution >= 4 is 15.7 Å². The molecule has 0 spiro atoms. The third kappa shape index (κ3) is 3.17. The molecule has 6 nitrogen and oxygen atoms in total. The third-order valence-corrected chi connectivity index (χ3v) is 4.75. The van der Waals surface area contributed by atoms with E-state index < -0.39 is 10.0 Å². The molecule has 1 saturated heterocycles. The summed E-state index contributed by atoms with van der Waals surface area (Å²) in [6, 6.07) is 4.42. The SMILES string of the molecule is COc1cc(S(=O)(=O)NC2CCN(C)C2)ccc1N. The Morgan fingerprint density at radius 1 is 1.47 bits per heavy atom. The lowest BCUT2D eigenvalue weighted by atomic mass is 10.3. The number of likely N-dealkylation sites (tertiary alicyclic amines) is 1. The Morgan fingerprint density at radius 3 is 2.79 bits per heavy atom.